The van der Waals surface area contributed by atoms with Crippen LogP contribution in [-0.4, -0.2) is 35.0 Å². The van der Waals surface area contributed by atoms with E-state index in [-0.39, 0.29) is 29.3 Å². The van der Waals surface area contributed by atoms with E-state index in [0.717, 1.165) is 22.2 Å². The third-order valence-corrected chi connectivity index (χ3v) is 6.37. The SMILES string of the molecule is CCc1cccc2sc(N(Cc3ccccn3)C(=O)c3cc(OC)c(OC)cc3[N+](=O)[O-])nc12. The van der Waals surface area contributed by atoms with Gasteiger partial charge in [0.25, 0.3) is 11.6 Å². The number of benzene rings is 2. The Bertz CT molecular complexity index is 1360. The topological polar surface area (TPSA) is 108 Å². The van der Waals surface area contributed by atoms with Crippen LogP contribution >= 0.6 is 11.3 Å². The molecule has 0 aliphatic carbocycles. The van der Waals surface area contributed by atoms with Crippen LogP contribution in [0.2, 0.25) is 0 Å². The number of pyridine rings is 1. The standard InChI is InChI=1S/C24H22N4O5S/c1-4-15-8-7-10-21-22(15)26-24(34-21)27(14-16-9-5-6-11-25-16)23(29)17-12-19(32-2)20(33-3)13-18(17)28(30)31/h5-13H,4,14H2,1-3H3. The molecule has 0 aliphatic rings. The van der Waals surface area contributed by atoms with E-state index in [2.05, 4.69) is 4.98 Å². The number of aryl methyl sites for hydroxylation is 1. The molecule has 34 heavy (non-hydrogen) atoms. The van der Waals surface area contributed by atoms with E-state index >= 15 is 0 Å². The summed E-state index contributed by atoms with van der Waals surface area (Å²) in [7, 11) is 2.78. The lowest BCUT2D eigenvalue weighted by atomic mass is 10.1. The Morgan fingerprint density at radius 2 is 1.88 bits per heavy atom. The van der Waals surface area contributed by atoms with Crippen molar-refractivity contribution in [3.05, 3.63) is 81.7 Å². The molecule has 4 rings (SSSR count). The Morgan fingerprint density at radius 1 is 1.12 bits per heavy atom. The number of anilines is 1. The lowest BCUT2D eigenvalue weighted by Crippen LogP contribution is -2.31. The molecule has 1 amide bonds. The summed E-state index contributed by atoms with van der Waals surface area (Å²) in [6.45, 7) is 2.13. The highest BCUT2D eigenvalue weighted by atomic mass is 32.1. The van der Waals surface area contributed by atoms with Crippen molar-refractivity contribution in [2.75, 3.05) is 19.1 Å². The second kappa shape index (κ2) is 9.84. The zero-order valence-electron chi connectivity index (χ0n) is 18.8. The van der Waals surface area contributed by atoms with Gasteiger partial charge in [0.05, 0.1) is 47.7 Å². The monoisotopic (exact) mass is 478 g/mol. The number of ether oxygens (including phenoxy) is 2. The number of rotatable bonds is 8. The van der Waals surface area contributed by atoms with Crippen molar-refractivity contribution in [2.45, 2.75) is 19.9 Å². The molecule has 2 heterocycles. The maximum Gasteiger partial charge on any atom is 0.286 e. The zero-order chi connectivity index (χ0) is 24.2. The van der Waals surface area contributed by atoms with Crippen LogP contribution in [0, 0.1) is 10.1 Å². The lowest BCUT2D eigenvalue weighted by molar-refractivity contribution is -0.385. The van der Waals surface area contributed by atoms with E-state index in [9.17, 15) is 14.9 Å². The number of thiazole rings is 1. The maximum absolute atomic E-state index is 13.8. The molecule has 0 fully saturated rings. The molecule has 0 aliphatic heterocycles. The summed E-state index contributed by atoms with van der Waals surface area (Å²) in [5.74, 6) is -0.211. The van der Waals surface area contributed by atoms with Crippen LogP contribution in [0.25, 0.3) is 10.2 Å². The number of nitro groups is 1. The predicted octanol–water partition coefficient (Wildman–Crippen LogP) is 5.03. The Morgan fingerprint density at radius 3 is 2.53 bits per heavy atom. The number of nitrogens with zero attached hydrogens (tertiary/aromatic N) is 4. The molecule has 10 heteroatoms. The fourth-order valence-corrected chi connectivity index (χ4v) is 4.62. The number of hydrogen-bond acceptors (Lipinski definition) is 8. The van der Waals surface area contributed by atoms with Crippen LogP contribution in [0.15, 0.2) is 54.7 Å². The number of nitro benzene ring substituents is 1. The summed E-state index contributed by atoms with van der Waals surface area (Å²) < 4.78 is 11.4. The molecule has 0 unspecified atom stereocenters. The minimum atomic E-state index is -0.609. The molecule has 0 radical (unpaired) electrons. The fourth-order valence-electron chi connectivity index (χ4n) is 3.61. The molecule has 0 saturated carbocycles. The van der Waals surface area contributed by atoms with Crippen molar-refractivity contribution in [2.24, 2.45) is 0 Å². The minimum Gasteiger partial charge on any atom is -0.493 e. The highest BCUT2D eigenvalue weighted by molar-refractivity contribution is 7.22. The highest BCUT2D eigenvalue weighted by Crippen LogP contribution is 2.37. The van der Waals surface area contributed by atoms with Crippen LogP contribution in [0.4, 0.5) is 10.8 Å². The van der Waals surface area contributed by atoms with Gasteiger partial charge in [-0.05, 0) is 30.2 Å². The predicted molar refractivity (Wildman–Crippen MR) is 130 cm³/mol. The third kappa shape index (κ3) is 4.40. The average Bonchev–Trinajstić information content (AvgIpc) is 3.30. The molecule has 4 aromatic rings. The second-order valence-electron chi connectivity index (χ2n) is 7.31. The van der Waals surface area contributed by atoms with Crippen LogP contribution in [-0.2, 0) is 13.0 Å². The molecule has 9 nitrogen and oxygen atoms in total. The fraction of sp³-hybridized carbons (Fsp3) is 0.208. The van der Waals surface area contributed by atoms with Gasteiger partial charge in [-0.1, -0.05) is 36.5 Å². The molecule has 0 atom stereocenters. The first kappa shape index (κ1) is 23.1. The van der Waals surface area contributed by atoms with Gasteiger partial charge in [0.2, 0.25) is 0 Å². The van der Waals surface area contributed by atoms with E-state index in [0.29, 0.717) is 10.8 Å². The summed E-state index contributed by atoms with van der Waals surface area (Å²) in [5.41, 5.74) is 1.97. The number of hydrogen-bond donors (Lipinski definition) is 0. The molecule has 0 spiro atoms. The molecule has 2 aromatic heterocycles. The van der Waals surface area contributed by atoms with Crippen molar-refractivity contribution >= 4 is 38.3 Å². The molecule has 2 aromatic carbocycles. The van der Waals surface area contributed by atoms with Gasteiger partial charge >= 0.3 is 0 Å². The van der Waals surface area contributed by atoms with Crippen molar-refractivity contribution in [1.82, 2.24) is 9.97 Å². The first-order chi connectivity index (χ1) is 16.5. The Hall–Kier alpha value is -4.05. The normalized spacial score (nSPS) is 10.8. The summed E-state index contributed by atoms with van der Waals surface area (Å²) in [6.07, 6.45) is 2.42. The van der Waals surface area contributed by atoms with E-state index in [4.69, 9.17) is 14.5 Å². The number of aromatic nitrogens is 2. The quantitative estimate of drug-likeness (QED) is 0.258. The van der Waals surface area contributed by atoms with E-state index in [1.165, 1.54) is 42.6 Å². The largest absolute Gasteiger partial charge is 0.493 e. The maximum atomic E-state index is 13.8. The van der Waals surface area contributed by atoms with Gasteiger partial charge in [-0.2, -0.15) is 0 Å². The Labute approximate surface area is 199 Å². The van der Waals surface area contributed by atoms with Crippen LogP contribution in [0.3, 0.4) is 0 Å². The van der Waals surface area contributed by atoms with Crippen LogP contribution in [0.5, 0.6) is 11.5 Å². The zero-order valence-corrected chi connectivity index (χ0v) is 19.7. The first-order valence-electron chi connectivity index (χ1n) is 10.5. The number of carbonyl (C=O) groups is 1. The molecular formula is C24H22N4O5S. The van der Waals surface area contributed by atoms with Gasteiger partial charge in [0, 0.05) is 12.3 Å². The molecule has 0 N–H and O–H groups in total. The van der Waals surface area contributed by atoms with Crippen molar-refractivity contribution in [3.63, 3.8) is 0 Å². The van der Waals surface area contributed by atoms with E-state index in [1.807, 2.05) is 31.2 Å². The van der Waals surface area contributed by atoms with Crippen LogP contribution in [0.1, 0.15) is 28.5 Å². The van der Waals surface area contributed by atoms with Gasteiger partial charge < -0.3 is 9.47 Å². The first-order valence-corrected chi connectivity index (χ1v) is 11.3. The van der Waals surface area contributed by atoms with Crippen LogP contribution < -0.4 is 14.4 Å². The molecule has 0 saturated heterocycles. The number of para-hydroxylation sites is 1. The number of methoxy groups -OCH3 is 2. The Balaban J connectivity index is 1.88. The average molecular weight is 479 g/mol. The van der Waals surface area contributed by atoms with Gasteiger partial charge in [-0.15, -0.1) is 0 Å². The van der Waals surface area contributed by atoms with Crippen molar-refractivity contribution in [3.8, 4) is 11.5 Å². The second-order valence-corrected chi connectivity index (χ2v) is 8.32. The summed E-state index contributed by atoms with van der Waals surface area (Å²) in [5, 5.41) is 12.3. The van der Waals surface area contributed by atoms with Crippen molar-refractivity contribution in [1.29, 1.82) is 0 Å². The summed E-state index contributed by atoms with van der Waals surface area (Å²) in [4.78, 5) is 35.6. The van der Waals surface area contributed by atoms with Gasteiger partial charge in [0.1, 0.15) is 5.56 Å². The van der Waals surface area contributed by atoms with Gasteiger partial charge in [-0.3, -0.25) is 24.8 Å². The third-order valence-electron chi connectivity index (χ3n) is 5.32. The Kier molecular flexibility index (Phi) is 6.69. The number of carbonyl (C=O) groups excluding carboxylic acids is 1. The van der Waals surface area contributed by atoms with Gasteiger partial charge in [0.15, 0.2) is 16.6 Å². The molecule has 174 valence electrons. The minimum absolute atomic E-state index is 0.0897. The van der Waals surface area contributed by atoms with Crippen molar-refractivity contribution < 1.29 is 19.2 Å². The number of amides is 1. The van der Waals surface area contributed by atoms with Gasteiger partial charge in [-0.25, -0.2) is 4.98 Å². The number of fused-ring (bicyclic) bond motifs is 1. The molecule has 0 bridgehead atoms. The summed E-state index contributed by atoms with van der Waals surface area (Å²) >= 11 is 1.35. The smallest absolute Gasteiger partial charge is 0.286 e. The van der Waals surface area contributed by atoms with E-state index < -0.39 is 10.8 Å². The van der Waals surface area contributed by atoms with E-state index in [1.54, 1.807) is 18.3 Å². The lowest BCUT2D eigenvalue weighted by Gasteiger charge is -2.20. The highest BCUT2D eigenvalue weighted by Gasteiger charge is 2.30. The molecular weight excluding hydrogens is 456 g/mol. The summed E-state index contributed by atoms with van der Waals surface area (Å²) in [6, 6.07) is 13.8.